The highest BCUT2D eigenvalue weighted by Crippen LogP contribution is 2.52. The van der Waals surface area contributed by atoms with Gasteiger partial charge in [-0.05, 0) is 66.6 Å². The highest BCUT2D eigenvalue weighted by atomic mass is 16.4. The molecule has 0 amide bonds. The number of fused-ring (bicyclic) bond motifs is 2. The standard InChI is InChI=1S/C30H23N3O/c1-3-30(2)24-13-7-9-15-26(24)33(27-16-10-8-14-25(27)30)23-19-17-22(18-20-23)29-32-31-28(34-29)21-11-5-4-6-12-21/h3-20H,1H2,2H3. The van der Waals surface area contributed by atoms with E-state index in [0.29, 0.717) is 11.8 Å². The fourth-order valence-electron chi connectivity index (χ4n) is 4.78. The van der Waals surface area contributed by atoms with E-state index in [1.807, 2.05) is 48.5 Å². The summed E-state index contributed by atoms with van der Waals surface area (Å²) in [6.45, 7) is 6.41. The van der Waals surface area contributed by atoms with Crippen LogP contribution in [0.4, 0.5) is 17.1 Å². The number of nitrogens with zero attached hydrogens (tertiary/aromatic N) is 3. The van der Waals surface area contributed by atoms with Crippen molar-refractivity contribution in [2.45, 2.75) is 12.3 Å². The summed E-state index contributed by atoms with van der Waals surface area (Å²) in [6.07, 6.45) is 2.05. The summed E-state index contributed by atoms with van der Waals surface area (Å²) in [5.41, 5.74) is 7.37. The Morgan fingerprint density at radius 3 is 1.74 bits per heavy atom. The minimum atomic E-state index is -0.263. The maximum atomic E-state index is 5.95. The van der Waals surface area contributed by atoms with Crippen LogP contribution in [0, 0.1) is 0 Å². The van der Waals surface area contributed by atoms with Gasteiger partial charge < -0.3 is 9.32 Å². The second kappa shape index (κ2) is 7.85. The number of anilines is 3. The molecule has 5 aromatic rings. The molecule has 0 aliphatic carbocycles. The van der Waals surface area contributed by atoms with Crippen molar-refractivity contribution in [1.82, 2.24) is 10.2 Å². The van der Waals surface area contributed by atoms with Gasteiger partial charge in [0, 0.05) is 22.2 Å². The lowest BCUT2D eigenvalue weighted by atomic mass is 9.72. The number of aromatic nitrogens is 2. The summed E-state index contributed by atoms with van der Waals surface area (Å²) in [7, 11) is 0. The Morgan fingerprint density at radius 2 is 1.18 bits per heavy atom. The molecule has 2 heterocycles. The predicted octanol–water partition coefficient (Wildman–Crippen LogP) is 7.68. The van der Waals surface area contributed by atoms with Crippen LogP contribution in [0.1, 0.15) is 18.1 Å². The molecular formula is C30H23N3O. The average molecular weight is 442 g/mol. The maximum Gasteiger partial charge on any atom is 0.248 e. The van der Waals surface area contributed by atoms with Crippen molar-refractivity contribution < 1.29 is 4.42 Å². The fourth-order valence-corrected chi connectivity index (χ4v) is 4.78. The van der Waals surface area contributed by atoms with Crippen LogP contribution in [0.5, 0.6) is 0 Å². The van der Waals surface area contributed by atoms with E-state index in [-0.39, 0.29) is 5.41 Å². The Bertz CT molecular complexity index is 1440. The number of hydrogen-bond donors (Lipinski definition) is 0. The lowest BCUT2D eigenvalue weighted by Gasteiger charge is -2.42. The summed E-state index contributed by atoms with van der Waals surface area (Å²) in [5, 5.41) is 8.49. The third-order valence-electron chi connectivity index (χ3n) is 6.64. The van der Waals surface area contributed by atoms with Gasteiger partial charge in [0.05, 0.1) is 11.4 Å². The van der Waals surface area contributed by atoms with E-state index in [1.54, 1.807) is 0 Å². The van der Waals surface area contributed by atoms with Gasteiger partial charge in [0.25, 0.3) is 0 Å². The van der Waals surface area contributed by atoms with Crippen molar-refractivity contribution in [3.05, 3.63) is 127 Å². The molecule has 1 aliphatic heterocycles. The molecule has 164 valence electrons. The fraction of sp³-hybridized carbons (Fsp3) is 0.0667. The molecule has 0 saturated heterocycles. The third kappa shape index (κ3) is 3.07. The lowest BCUT2D eigenvalue weighted by molar-refractivity contribution is 0.584. The summed E-state index contributed by atoms with van der Waals surface area (Å²) >= 11 is 0. The van der Waals surface area contributed by atoms with Crippen LogP contribution in [0.25, 0.3) is 22.9 Å². The molecule has 0 N–H and O–H groups in total. The molecule has 0 unspecified atom stereocenters. The van der Waals surface area contributed by atoms with Crippen molar-refractivity contribution in [1.29, 1.82) is 0 Å². The SMILES string of the molecule is C=CC1(C)c2ccccc2N(c2ccc(-c3nnc(-c4ccccc4)o3)cc2)c2ccccc21. The highest BCUT2D eigenvalue weighted by molar-refractivity contribution is 5.87. The summed E-state index contributed by atoms with van der Waals surface area (Å²) in [6, 6.07) is 35.2. The van der Waals surface area contributed by atoms with Crippen LogP contribution < -0.4 is 4.90 Å². The van der Waals surface area contributed by atoms with Crippen LogP contribution >= 0.6 is 0 Å². The van der Waals surface area contributed by atoms with Gasteiger partial charge in [-0.25, -0.2) is 0 Å². The number of hydrogen-bond acceptors (Lipinski definition) is 4. The molecule has 4 aromatic carbocycles. The molecule has 0 bridgehead atoms. The van der Waals surface area contributed by atoms with E-state index in [2.05, 4.69) is 89.3 Å². The minimum Gasteiger partial charge on any atom is -0.416 e. The molecule has 0 atom stereocenters. The second-order valence-electron chi connectivity index (χ2n) is 8.60. The Morgan fingerprint density at radius 1 is 0.676 bits per heavy atom. The average Bonchev–Trinajstić information content (AvgIpc) is 3.40. The molecule has 0 radical (unpaired) electrons. The zero-order valence-corrected chi connectivity index (χ0v) is 18.8. The van der Waals surface area contributed by atoms with Gasteiger partial charge in [-0.3, -0.25) is 0 Å². The maximum absolute atomic E-state index is 5.95. The Kier molecular flexibility index (Phi) is 4.66. The minimum absolute atomic E-state index is 0.263. The van der Waals surface area contributed by atoms with Gasteiger partial charge >= 0.3 is 0 Å². The van der Waals surface area contributed by atoms with Crippen LogP contribution in [-0.4, -0.2) is 10.2 Å². The molecular weight excluding hydrogens is 418 g/mol. The predicted molar refractivity (Wildman–Crippen MR) is 137 cm³/mol. The molecule has 4 heteroatoms. The van der Waals surface area contributed by atoms with Crippen LogP contribution in [0.15, 0.2) is 120 Å². The van der Waals surface area contributed by atoms with Gasteiger partial charge in [0.1, 0.15) is 0 Å². The van der Waals surface area contributed by atoms with E-state index < -0.39 is 0 Å². The van der Waals surface area contributed by atoms with E-state index in [1.165, 1.54) is 11.1 Å². The number of benzene rings is 4. The van der Waals surface area contributed by atoms with Gasteiger partial charge in [-0.15, -0.1) is 16.8 Å². The first-order chi connectivity index (χ1) is 16.7. The van der Waals surface area contributed by atoms with E-state index >= 15 is 0 Å². The Labute approximate surface area is 198 Å². The highest BCUT2D eigenvalue weighted by Gasteiger charge is 2.37. The van der Waals surface area contributed by atoms with E-state index in [4.69, 9.17) is 4.42 Å². The molecule has 0 fully saturated rings. The molecule has 0 saturated carbocycles. The molecule has 0 spiro atoms. The largest absolute Gasteiger partial charge is 0.416 e. The van der Waals surface area contributed by atoms with Crippen LogP contribution in [-0.2, 0) is 5.41 Å². The number of allylic oxidation sites excluding steroid dienone is 1. The van der Waals surface area contributed by atoms with E-state index in [0.717, 1.165) is 28.2 Å². The van der Waals surface area contributed by atoms with Gasteiger partial charge in [0.15, 0.2) is 0 Å². The first-order valence-corrected chi connectivity index (χ1v) is 11.3. The zero-order valence-electron chi connectivity index (χ0n) is 18.8. The first kappa shape index (κ1) is 20.2. The second-order valence-corrected chi connectivity index (χ2v) is 8.60. The third-order valence-corrected chi connectivity index (χ3v) is 6.64. The van der Waals surface area contributed by atoms with Gasteiger partial charge in [-0.1, -0.05) is 60.7 Å². The number of rotatable bonds is 4. The monoisotopic (exact) mass is 441 g/mol. The summed E-state index contributed by atoms with van der Waals surface area (Å²) in [4.78, 5) is 2.31. The van der Waals surface area contributed by atoms with E-state index in [9.17, 15) is 0 Å². The van der Waals surface area contributed by atoms with Crippen molar-refractivity contribution in [2.24, 2.45) is 0 Å². The molecule has 1 aliphatic rings. The van der Waals surface area contributed by atoms with Crippen molar-refractivity contribution in [2.75, 3.05) is 4.90 Å². The van der Waals surface area contributed by atoms with Crippen LogP contribution in [0.3, 0.4) is 0 Å². The van der Waals surface area contributed by atoms with Crippen molar-refractivity contribution in [3.63, 3.8) is 0 Å². The number of para-hydroxylation sites is 2. The molecule has 34 heavy (non-hydrogen) atoms. The normalized spacial score (nSPS) is 13.7. The molecule has 4 nitrogen and oxygen atoms in total. The van der Waals surface area contributed by atoms with Gasteiger partial charge in [0.2, 0.25) is 11.8 Å². The summed E-state index contributed by atoms with van der Waals surface area (Å²) < 4.78 is 5.95. The van der Waals surface area contributed by atoms with Crippen LogP contribution in [0.2, 0.25) is 0 Å². The lowest BCUT2D eigenvalue weighted by Crippen LogP contribution is -2.31. The Hall–Kier alpha value is -4.44. The smallest absolute Gasteiger partial charge is 0.248 e. The quantitative estimate of drug-likeness (QED) is 0.268. The Balaban J connectivity index is 1.42. The zero-order chi connectivity index (χ0) is 23.1. The van der Waals surface area contributed by atoms with Gasteiger partial charge in [-0.2, -0.15) is 0 Å². The molecule has 1 aromatic heterocycles. The van der Waals surface area contributed by atoms with Crippen molar-refractivity contribution in [3.8, 4) is 22.9 Å². The summed E-state index contributed by atoms with van der Waals surface area (Å²) in [5.74, 6) is 1.02. The first-order valence-electron chi connectivity index (χ1n) is 11.3. The topological polar surface area (TPSA) is 42.2 Å². The molecule has 6 rings (SSSR count). The van der Waals surface area contributed by atoms with Crippen molar-refractivity contribution >= 4 is 17.1 Å².